The third kappa shape index (κ3) is 3.11. The molecule has 1 aliphatic carbocycles. The molecule has 0 aliphatic heterocycles. The molecule has 1 fully saturated rings. The molecule has 0 saturated heterocycles. The van der Waals surface area contributed by atoms with E-state index >= 15 is 0 Å². The van der Waals surface area contributed by atoms with Gasteiger partial charge in [0.2, 0.25) is 0 Å². The largest absolute Gasteiger partial charge is 0.396 e. The second-order valence-corrected chi connectivity index (χ2v) is 5.59. The Kier molecular flexibility index (Phi) is 4.77. The van der Waals surface area contributed by atoms with Gasteiger partial charge in [0.1, 0.15) is 4.47 Å². The number of nitrogens with one attached hydrogen (secondary N) is 2. The van der Waals surface area contributed by atoms with Gasteiger partial charge in [0.25, 0.3) is 5.56 Å². The first-order valence-electron chi connectivity index (χ1n) is 6.30. The first kappa shape index (κ1) is 13.5. The summed E-state index contributed by atoms with van der Waals surface area (Å²) in [5.74, 6) is 0.843. The minimum absolute atomic E-state index is 0.234. The lowest BCUT2D eigenvalue weighted by Gasteiger charge is -2.30. The van der Waals surface area contributed by atoms with Crippen LogP contribution < -0.4 is 10.9 Å². The lowest BCUT2D eigenvalue weighted by Crippen LogP contribution is -2.29. The minimum Gasteiger partial charge on any atom is -0.396 e. The van der Waals surface area contributed by atoms with E-state index < -0.39 is 0 Å². The van der Waals surface area contributed by atoms with Crippen molar-refractivity contribution >= 4 is 21.6 Å². The molecule has 0 bridgehead atoms. The van der Waals surface area contributed by atoms with Gasteiger partial charge in [-0.2, -0.15) is 5.10 Å². The number of H-pyrrole nitrogens is 1. The van der Waals surface area contributed by atoms with Gasteiger partial charge in [0.15, 0.2) is 0 Å². The van der Waals surface area contributed by atoms with Crippen molar-refractivity contribution in [2.24, 2.45) is 11.8 Å². The molecule has 0 spiro atoms. The molecule has 1 aliphatic rings. The molecule has 0 radical (unpaired) electrons. The highest BCUT2D eigenvalue weighted by Gasteiger charge is 2.24. The van der Waals surface area contributed by atoms with Crippen molar-refractivity contribution in [1.82, 2.24) is 10.2 Å². The summed E-state index contributed by atoms with van der Waals surface area (Å²) in [6, 6.07) is 0. The van der Waals surface area contributed by atoms with E-state index in [0.29, 0.717) is 22.0 Å². The van der Waals surface area contributed by atoms with Gasteiger partial charge < -0.3 is 10.4 Å². The Labute approximate surface area is 114 Å². The Morgan fingerprint density at radius 2 is 2.17 bits per heavy atom. The summed E-state index contributed by atoms with van der Waals surface area (Å²) in [5, 5.41) is 18.7. The summed E-state index contributed by atoms with van der Waals surface area (Å²) < 4.78 is 0.480. The summed E-state index contributed by atoms with van der Waals surface area (Å²) in [7, 11) is 0. The van der Waals surface area contributed by atoms with Gasteiger partial charge in [-0.3, -0.25) is 4.79 Å². The van der Waals surface area contributed by atoms with E-state index in [0.717, 1.165) is 19.4 Å². The fraction of sp³-hybridized carbons (Fsp3) is 0.667. The van der Waals surface area contributed by atoms with Crippen molar-refractivity contribution in [3.8, 4) is 0 Å². The maximum Gasteiger partial charge on any atom is 0.280 e. The molecule has 2 unspecified atom stereocenters. The zero-order chi connectivity index (χ0) is 13.0. The second kappa shape index (κ2) is 6.33. The minimum atomic E-state index is -0.234. The van der Waals surface area contributed by atoms with Crippen molar-refractivity contribution in [3.05, 3.63) is 21.0 Å². The summed E-state index contributed by atoms with van der Waals surface area (Å²) in [4.78, 5) is 11.4. The van der Waals surface area contributed by atoms with Gasteiger partial charge >= 0.3 is 0 Å². The topological polar surface area (TPSA) is 78.0 Å². The van der Waals surface area contributed by atoms with Crippen molar-refractivity contribution in [3.63, 3.8) is 0 Å². The van der Waals surface area contributed by atoms with Crippen LogP contribution in [0.1, 0.15) is 25.7 Å². The van der Waals surface area contributed by atoms with Crippen LogP contribution >= 0.6 is 15.9 Å². The predicted octanol–water partition coefficient (Wildman–Crippen LogP) is 1.74. The van der Waals surface area contributed by atoms with E-state index in [-0.39, 0.29) is 12.2 Å². The Morgan fingerprint density at radius 1 is 1.44 bits per heavy atom. The Bertz CT molecular complexity index is 449. The third-order valence-corrected chi connectivity index (χ3v) is 4.44. The summed E-state index contributed by atoms with van der Waals surface area (Å²) in [5.41, 5.74) is 0.475. The average molecular weight is 316 g/mol. The highest BCUT2D eigenvalue weighted by atomic mass is 79.9. The van der Waals surface area contributed by atoms with E-state index in [9.17, 15) is 9.90 Å². The SMILES string of the molecule is O=c1[nH]ncc(NCC2CCCCC2CO)c1Br. The molecule has 1 saturated carbocycles. The van der Waals surface area contributed by atoms with Gasteiger partial charge in [0.05, 0.1) is 11.9 Å². The van der Waals surface area contributed by atoms with Gasteiger partial charge in [0, 0.05) is 13.2 Å². The fourth-order valence-corrected chi connectivity index (χ4v) is 2.87. The van der Waals surface area contributed by atoms with E-state index in [4.69, 9.17) is 0 Å². The van der Waals surface area contributed by atoms with Crippen LogP contribution in [0.4, 0.5) is 5.69 Å². The van der Waals surface area contributed by atoms with Crippen molar-refractivity contribution in [1.29, 1.82) is 0 Å². The van der Waals surface area contributed by atoms with Gasteiger partial charge in [-0.15, -0.1) is 0 Å². The molecule has 5 nitrogen and oxygen atoms in total. The van der Waals surface area contributed by atoms with E-state index in [1.807, 2.05) is 0 Å². The van der Waals surface area contributed by atoms with E-state index in [1.165, 1.54) is 12.8 Å². The van der Waals surface area contributed by atoms with Crippen LogP contribution in [0.25, 0.3) is 0 Å². The lowest BCUT2D eigenvalue weighted by molar-refractivity contribution is 0.141. The molecule has 1 aromatic rings. The zero-order valence-corrected chi connectivity index (χ0v) is 11.7. The van der Waals surface area contributed by atoms with Gasteiger partial charge in [-0.25, -0.2) is 5.10 Å². The number of anilines is 1. The average Bonchev–Trinajstić information content (AvgIpc) is 2.41. The normalized spacial score (nSPS) is 23.9. The number of aromatic amines is 1. The number of halogens is 1. The molecule has 6 heteroatoms. The quantitative estimate of drug-likeness (QED) is 0.791. The molecule has 2 atom stereocenters. The monoisotopic (exact) mass is 315 g/mol. The van der Waals surface area contributed by atoms with Crippen molar-refractivity contribution < 1.29 is 5.11 Å². The van der Waals surface area contributed by atoms with Crippen molar-refractivity contribution in [2.75, 3.05) is 18.5 Å². The first-order valence-corrected chi connectivity index (χ1v) is 7.09. The fourth-order valence-electron chi connectivity index (χ4n) is 2.54. The maximum absolute atomic E-state index is 11.4. The third-order valence-electron chi connectivity index (χ3n) is 3.65. The molecular weight excluding hydrogens is 298 g/mol. The van der Waals surface area contributed by atoms with Crippen LogP contribution in [0.5, 0.6) is 0 Å². The Morgan fingerprint density at radius 3 is 2.89 bits per heavy atom. The Balaban J connectivity index is 1.98. The zero-order valence-electron chi connectivity index (χ0n) is 10.2. The molecule has 1 heterocycles. The van der Waals surface area contributed by atoms with Gasteiger partial charge in [-0.1, -0.05) is 12.8 Å². The van der Waals surface area contributed by atoms with E-state index in [2.05, 4.69) is 31.4 Å². The van der Waals surface area contributed by atoms with E-state index in [1.54, 1.807) is 6.20 Å². The smallest absolute Gasteiger partial charge is 0.280 e. The molecular formula is C12H18BrN3O2. The number of nitrogens with zero attached hydrogens (tertiary/aromatic N) is 1. The van der Waals surface area contributed by atoms with Crippen LogP contribution in [0.2, 0.25) is 0 Å². The number of rotatable bonds is 4. The second-order valence-electron chi connectivity index (χ2n) is 4.79. The highest BCUT2D eigenvalue weighted by Crippen LogP contribution is 2.30. The van der Waals surface area contributed by atoms with Gasteiger partial charge in [-0.05, 0) is 40.6 Å². The number of hydrogen-bond donors (Lipinski definition) is 3. The lowest BCUT2D eigenvalue weighted by atomic mass is 9.79. The van der Waals surface area contributed by atoms with Crippen LogP contribution in [0.15, 0.2) is 15.5 Å². The molecule has 3 N–H and O–H groups in total. The number of aliphatic hydroxyl groups is 1. The van der Waals surface area contributed by atoms with Crippen LogP contribution in [-0.2, 0) is 0 Å². The predicted molar refractivity (Wildman–Crippen MR) is 73.6 cm³/mol. The first-order chi connectivity index (χ1) is 8.72. The van der Waals surface area contributed by atoms with Crippen LogP contribution in [0, 0.1) is 11.8 Å². The molecule has 2 rings (SSSR count). The van der Waals surface area contributed by atoms with Crippen LogP contribution in [-0.4, -0.2) is 28.5 Å². The highest BCUT2D eigenvalue weighted by molar-refractivity contribution is 9.10. The summed E-state index contributed by atoms with van der Waals surface area (Å²) >= 11 is 3.24. The molecule has 0 aromatic carbocycles. The molecule has 18 heavy (non-hydrogen) atoms. The maximum atomic E-state index is 11.4. The molecule has 1 aromatic heterocycles. The van der Waals surface area contributed by atoms with Crippen molar-refractivity contribution in [2.45, 2.75) is 25.7 Å². The summed E-state index contributed by atoms with van der Waals surface area (Å²) in [6.45, 7) is 1.02. The summed E-state index contributed by atoms with van der Waals surface area (Å²) in [6.07, 6.45) is 6.25. The van der Waals surface area contributed by atoms with Crippen LogP contribution in [0.3, 0.4) is 0 Å². The molecule has 0 amide bonds. The standard InChI is InChI=1S/C12H18BrN3O2/c13-11-10(6-15-16-12(11)18)14-5-8-3-1-2-4-9(8)7-17/h6,8-9,17H,1-5,7H2,(H2,14,16,18). The number of aromatic nitrogens is 2. The Hall–Kier alpha value is -0.880. The number of hydrogen-bond acceptors (Lipinski definition) is 4. The molecule has 100 valence electrons. The number of aliphatic hydroxyl groups excluding tert-OH is 1.